The SMILES string of the molecule is COc1nc2c(cc1CN1CCN(C)CC1=O)CCCN2C(=O)Nc1cc(NCc2nccs2)c(C#N)cn1. The Morgan fingerprint density at radius 3 is 2.87 bits per heavy atom. The van der Waals surface area contributed by atoms with Gasteiger partial charge in [0.2, 0.25) is 11.8 Å². The molecular weight excluding hydrogens is 518 g/mol. The van der Waals surface area contributed by atoms with E-state index in [4.69, 9.17) is 9.72 Å². The zero-order chi connectivity index (χ0) is 27.4. The Labute approximate surface area is 230 Å². The first-order valence-electron chi connectivity index (χ1n) is 12.6. The van der Waals surface area contributed by atoms with Gasteiger partial charge in [-0.3, -0.25) is 19.9 Å². The van der Waals surface area contributed by atoms with Crippen LogP contribution in [0.3, 0.4) is 0 Å². The fourth-order valence-corrected chi connectivity index (χ4v) is 5.22. The van der Waals surface area contributed by atoms with E-state index in [0.717, 1.165) is 35.5 Å². The number of nitrogens with zero attached hydrogens (tertiary/aromatic N) is 7. The summed E-state index contributed by atoms with van der Waals surface area (Å²) in [5.74, 6) is 1.30. The van der Waals surface area contributed by atoms with Gasteiger partial charge in [0.1, 0.15) is 22.7 Å². The number of piperazine rings is 1. The minimum atomic E-state index is -0.379. The van der Waals surface area contributed by atoms with Crippen molar-refractivity contribution in [1.29, 1.82) is 5.26 Å². The van der Waals surface area contributed by atoms with E-state index in [1.807, 2.05) is 28.3 Å². The molecule has 1 saturated heterocycles. The fraction of sp³-hybridized carbons (Fsp3) is 0.385. The normalized spacial score (nSPS) is 15.5. The Bertz CT molecular complexity index is 1410. The molecule has 0 saturated carbocycles. The molecule has 2 N–H and O–H groups in total. The molecule has 5 heterocycles. The van der Waals surface area contributed by atoms with E-state index in [-0.39, 0.29) is 11.9 Å². The molecule has 1 fully saturated rings. The molecule has 202 valence electrons. The van der Waals surface area contributed by atoms with Crippen molar-refractivity contribution in [3.63, 3.8) is 0 Å². The van der Waals surface area contributed by atoms with Gasteiger partial charge in [-0.25, -0.2) is 14.8 Å². The van der Waals surface area contributed by atoms with Gasteiger partial charge in [0.15, 0.2) is 0 Å². The topological polar surface area (TPSA) is 140 Å². The second-order valence-corrected chi connectivity index (χ2v) is 10.4. The van der Waals surface area contributed by atoms with Crippen LogP contribution >= 0.6 is 11.3 Å². The van der Waals surface area contributed by atoms with Crippen molar-refractivity contribution in [1.82, 2.24) is 24.8 Å². The van der Waals surface area contributed by atoms with Gasteiger partial charge in [0.05, 0.1) is 38.0 Å². The maximum atomic E-state index is 13.4. The van der Waals surface area contributed by atoms with Crippen LogP contribution in [0.25, 0.3) is 0 Å². The number of methoxy groups -OCH3 is 1. The van der Waals surface area contributed by atoms with E-state index < -0.39 is 0 Å². The molecule has 12 nitrogen and oxygen atoms in total. The maximum Gasteiger partial charge on any atom is 0.328 e. The molecule has 0 spiro atoms. The van der Waals surface area contributed by atoms with Gasteiger partial charge in [-0.2, -0.15) is 10.2 Å². The number of likely N-dealkylation sites (N-methyl/N-ethyl adjacent to an activating group) is 1. The van der Waals surface area contributed by atoms with E-state index >= 15 is 0 Å². The van der Waals surface area contributed by atoms with Gasteiger partial charge in [0.25, 0.3) is 0 Å². The summed E-state index contributed by atoms with van der Waals surface area (Å²) in [6, 6.07) is 5.37. The zero-order valence-corrected chi connectivity index (χ0v) is 22.6. The van der Waals surface area contributed by atoms with Crippen molar-refractivity contribution in [2.75, 3.05) is 55.9 Å². The highest BCUT2D eigenvalue weighted by atomic mass is 32.1. The average Bonchev–Trinajstić information content (AvgIpc) is 3.46. The Balaban J connectivity index is 1.33. The van der Waals surface area contributed by atoms with Crippen molar-refractivity contribution in [2.45, 2.75) is 25.9 Å². The lowest BCUT2D eigenvalue weighted by molar-refractivity contribution is -0.136. The number of nitrogens with one attached hydrogen (secondary N) is 2. The summed E-state index contributed by atoms with van der Waals surface area (Å²) < 4.78 is 5.58. The van der Waals surface area contributed by atoms with E-state index in [0.29, 0.717) is 61.5 Å². The minimum absolute atomic E-state index is 0.0694. The first kappa shape index (κ1) is 26.3. The lowest BCUT2D eigenvalue weighted by Crippen LogP contribution is -2.48. The number of rotatable bonds is 7. The van der Waals surface area contributed by atoms with Gasteiger partial charge < -0.3 is 15.0 Å². The number of hydrogen-bond donors (Lipinski definition) is 2. The lowest BCUT2D eigenvalue weighted by Gasteiger charge is -2.33. The van der Waals surface area contributed by atoms with E-state index in [9.17, 15) is 14.9 Å². The predicted molar refractivity (Wildman–Crippen MR) is 147 cm³/mol. The van der Waals surface area contributed by atoms with Crippen molar-refractivity contribution >= 4 is 40.6 Å². The molecule has 0 radical (unpaired) electrons. The number of aryl methyl sites for hydroxylation is 1. The molecule has 3 aromatic rings. The summed E-state index contributed by atoms with van der Waals surface area (Å²) in [6.45, 7) is 3.19. The number of pyridine rings is 2. The third-order valence-electron chi connectivity index (χ3n) is 6.68. The molecule has 3 amide bonds. The quantitative estimate of drug-likeness (QED) is 0.457. The van der Waals surface area contributed by atoms with E-state index in [1.165, 1.54) is 24.6 Å². The standard InChI is InChI=1S/C26H29N9O3S/c1-33-7-8-34(23(36)16-33)15-18-10-17-4-3-6-35(24(17)32-25(18)38-2)26(37)31-21-11-20(19(12-27)13-30-21)29-14-22-28-5-9-39-22/h5,9-11,13H,3-4,6-8,14-16H2,1-2H3,(H2,29,30,31,37). The van der Waals surface area contributed by atoms with Crippen molar-refractivity contribution in [3.05, 3.63) is 51.6 Å². The summed E-state index contributed by atoms with van der Waals surface area (Å²) >= 11 is 1.51. The Hall–Kier alpha value is -4.28. The highest BCUT2D eigenvalue weighted by Gasteiger charge is 2.28. The number of urea groups is 1. The summed E-state index contributed by atoms with van der Waals surface area (Å²) in [7, 11) is 3.47. The zero-order valence-electron chi connectivity index (χ0n) is 21.8. The number of carbonyl (C=O) groups is 2. The monoisotopic (exact) mass is 547 g/mol. The lowest BCUT2D eigenvalue weighted by atomic mass is 10.0. The molecule has 0 unspecified atom stereocenters. The summed E-state index contributed by atoms with van der Waals surface area (Å²) in [6.07, 6.45) is 4.68. The van der Waals surface area contributed by atoms with Crippen LogP contribution in [-0.4, -0.2) is 77.0 Å². The number of anilines is 3. The number of aromatic nitrogens is 3. The molecule has 0 bridgehead atoms. The number of fused-ring (bicyclic) bond motifs is 1. The largest absolute Gasteiger partial charge is 0.481 e. The van der Waals surface area contributed by atoms with Crippen LogP contribution in [0, 0.1) is 11.3 Å². The predicted octanol–water partition coefficient (Wildman–Crippen LogP) is 2.68. The molecule has 13 heteroatoms. The van der Waals surface area contributed by atoms with Gasteiger partial charge in [-0.1, -0.05) is 0 Å². The minimum Gasteiger partial charge on any atom is -0.481 e. The van der Waals surface area contributed by atoms with Crippen LogP contribution in [0.1, 0.15) is 28.1 Å². The number of amides is 3. The van der Waals surface area contributed by atoms with Gasteiger partial charge >= 0.3 is 6.03 Å². The molecule has 2 aliphatic heterocycles. The fourth-order valence-electron chi connectivity index (χ4n) is 4.66. The molecule has 0 aromatic carbocycles. The molecule has 3 aromatic heterocycles. The van der Waals surface area contributed by atoms with Crippen LogP contribution in [0.5, 0.6) is 5.88 Å². The molecule has 2 aliphatic rings. The molecule has 0 atom stereocenters. The first-order valence-corrected chi connectivity index (χ1v) is 13.5. The number of nitriles is 1. The van der Waals surface area contributed by atoms with Gasteiger partial charge in [-0.15, -0.1) is 11.3 Å². The van der Waals surface area contributed by atoms with E-state index in [2.05, 4.69) is 26.7 Å². The third kappa shape index (κ3) is 5.92. The van der Waals surface area contributed by atoms with E-state index in [1.54, 1.807) is 17.2 Å². The van der Waals surface area contributed by atoms with Crippen LogP contribution in [0.2, 0.25) is 0 Å². The van der Waals surface area contributed by atoms with Crippen LogP contribution in [0.4, 0.5) is 22.1 Å². The Morgan fingerprint density at radius 1 is 1.26 bits per heavy atom. The second kappa shape index (κ2) is 11.6. The summed E-state index contributed by atoms with van der Waals surface area (Å²) in [4.78, 5) is 44.5. The molecule has 5 rings (SSSR count). The number of ether oxygens (including phenoxy) is 1. The smallest absolute Gasteiger partial charge is 0.328 e. The van der Waals surface area contributed by atoms with Crippen LogP contribution < -0.4 is 20.3 Å². The molecule has 39 heavy (non-hydrogen) atoms. The summed E-state index contributed by atoms with van der Waals surface area (Å²) in [5, 5.41) is 18.3. The highest BCUT2D eigenvalue weighted by molar-refractivity contribution is 7.09. The molecular formula is C26H29N9O3S. The average molecular weight is 548 g/mol. The first-order chi connectivity index (χ1) is 18.9. The van der Waals surface area contributed by atoms with Gasteiger partial charge in [-0.05, 0) is 31.5 Å². The third-order valence-corrected chi connectivity index (χ3v) is 7.46. The molecule has 0 aliphatic carbocycles. The highest BCUT2D eigenvalue weighted by Crippen LogP contribution is 2.32. The number of hydrogen-bond acceptors (Lipinski definition) is 10. The van der Waals surface area contributed by atoms with Crippen molar-refractivity contribution < 1.29 is 14.3 Å². The van der Waals surface area contributed by atoms with Crippen LogP contribution in [0.15, 0.2) is 29.9 Å². The van der Waals surface area contributed by atoms with Crippen LogP contribution in [-0.2, 0) is 24.3 Å². The van der Waals surface area contributed by atoms with Gasteiger partial charge in [0, 0.05) is 49.0 Å². The number of carbonyl (C=O) groups excluding carboxylic acids is 2. The second-order valence-electron chi connectivity index (χ2n) is 9.38. The van der Waals surface area contributed by atoms with Crippen molar-refractivity contribution in [2.24, 2.45) is 0 Å². The Morgan fingerprint density at radius 2 is 2.13 bits per heavy atom. The van der Waals surface area contributed by atoms with Crippen molar-refractivity contribution in [3.8, 4) is 11.9 Å². The Kier molecular flexibility index (Phi) is 7.85. The maximum absolute atomic E-state index is 13.4. The number of thiazole rings is 1. The summed E-state index contributed by atoms with van der Waals surface area (Å²) in [5.41, 5.74) is 2.67.